The fourth-order valence-electron chi connectivity index (χ4n) is 3.01. The van der Waals surface area contributed by atoms with Gasteiger partial charge in [0.2, 0.25) is 0 Å². The van der Waals surface area contributed by atoms with Crippen LogP contribution in [-0.2, 0) is 0 Å². The highest BCUT2D eigenvalue weighted by molar-refractivity contribution is 5.90. The quantitative estimate of drug-likeness (QED) is 0.801. The molecule has 5 heteroatoms. The highest BCUT2D eigenvalue weighted by Gasteiger charge is 2.25. The Labute approximate surface area is 132 Å². The predicted molar refractivity (Wildman–Crippen MR) is 90.5 cm³/mol. The lowest BCUT2D eigenvalue weighted by Crippen LogP contribution is -2.45. The van der Waals surface area contributed by atoms with Crippen molar-refractivity contribution in [2.45, 2.75) is 38.6 Å². The number of aryl methyl sites for hydroxylation is 1. The van der Waals surface area contributed by atoms with Gasteiger partial charge in [-0.2, -0.15) is 0 Å². The van der Waals surface area contributed by atoms with Crippen molar-refractivity contribution < 1.29 is 9.90 Å². The van der Waals surface area contributed by atoms with Gasteiger partial charge in [-0.25, -0.2) is 4.79 Å². The van der Waals surface area contributed by atoms with E-state index in [4.69, 9.17) is 0 Å². The molecule has 1 aliphatic rings. The largest absolute Gasteiger partial charge is 0.396 e. The van der Waals surface area contributed by atoms with E-state index in [-0.39, 0.29) is 24.6 Å². The highest BCUT2D eigenvalue weighted by Crippen LogP contribution is 2.25. The summed E-state index contributed by atoms with van der Waals surface area (Å²) in [5.74, 6) is 0.178. The van der Waals surface area contributed by atoms with Crippen LogP contribution in [-0.4, -0.2) is 37.9 Å². The maximum Gasteiger partial charge on any atom is 0.319 e. The van der Waals surface area contributed by atoms with Crippen molar-refractivity contribution in [3.8, 4) is 0 Å². The summed E-state index contributed by atoms with van der Waals surface area (Å²) < 4.78 is 0. The molecule has 0 saturated heterocycles. The molecule has 0 bridgehead atoms. The molecular formula is C17H27N3O2. The SMILES string of the molecule is Cc1cc(N(C)C)ccc1NC(=O)NC1CCCCC1CO. The van der Waals surface area contributed by atoms with Gasteiger partial charge in [-0.1, -0.05) is 12.8 Å². The van der Waals surface area contributed by atoms with E-state index in [2.05, 4.69) is 10.6 Å². The van der Waals surface area contributed by atoms with E-state index < -0.39 is 0 Å². The fraction of sp³-hybridized carbons (Fsp3) is 0.588. The average Bonchev–Trinajstić information content (AvgIpc) is 2.49. The van der Waals surface area contributed by atoms with Crippen LogP contribution in [0.2, 0.25) is 0 Å². The number of carbonyl (C=O) groups is 1. The van der Waals surface area contributed by atoms with Gasteiger partial charge in [0.05, 0.1) is 0 Å². The summed E-state index contributed by atoms with van der Waals surface area (Å²) in [6.45, 7) is 2.13. The molecule has 1 aromatic carbocycles. The third-order valence-electron chi connectivity index (χ3n) is 4.43. The summed E-state index contributed by atoms with van der Waals surface area (Å²) in [5.41, 5.74) is 2.96. The Morgan fingerprint density at radius 1 is 1.32 bits per heavy atom. The number of hydrogen-bond donors (Lipinski definition) is 3. The molecule has 1 saturated carbocycles. The zero-order valence-corrected chi connectivity index (χ0v) is 13.7. The molecule has 3 N–H and O–H groups in total. The van der Waals surface area contributed by atoms with Crippen molar-refractivity contribution in [2.75, 3.05) is 30.9 Å². The third kappa shape index (κ3) is 4.13. The third-order valence-corrected chi connectivity index (χ3v) is 4.43. The van der Waals surface area contributed by atoms with Crippen LogP contribution in [0.4, 0.5) is 16.2 Å². The Hall–Kier alpha value is -1.75. The van der Waals surface area contributed by atoms with Gasteiger partial charge in [-0.05, 0) is 43.5 Å². The number of hydrogen-bond acceptors (Lipinski definition) is 3. The number of carbonyl (C=O) groups excluding carboxylic acids is 1. The monoisotopic (exact) mass is 305 g/mol. The van der Waals surface area contributed by atoms with E-state index in [0.29, 0.717) is 0 Å². The van der Waals surface area contributed by atoms with E-state index in [1.807, 2.05) is 44.1 Å². The van der Waals surface area contributed by atoms with Gasteiger partial charge < -0.3 is 20.6 Å². The fourth-order valence-corrected chi connectivity index (χ4v) is 3.01. The van der Waals surface area contributed by atoms with E-state index >= 15 is 0 Å². The second-order valence-corrected chi connectivity index (χ2v) is 6.33. The minimum Gasteiger partial charge on any atom is -0.396 e. The molecule has 2 amide bonds. The predicted octanol–water partition coefficient (Wildman–Crippen LogP) is 2.73. The zero-order valence-electron chi connectivity index (χ0n) is 13.7. The van der Waals surface area contributed by atoms with Crippen LogP contribution in [0.5, 0.6) is 0 Å². The van der Waals surface area contributed by atoms with Crippen LogP contribution in [0.3, 0.4) is 0 Å². The Morgan fingerprint density at radius 2 is 2.05 bits per heavy atom. The average molecular weight is 305 g/mol. The molecule has 0 spiro atoms. The minimum atomic E-state index is -0.189. The van der Waals surface area contributed by atoms with Gasteiger partial charge in [0.1, 0.15) is 0 Å². The van der Waals surface area contributed by atoms with Gasteiger partial charge in [-0.15, -0.1) is 0 Å². The number of urea groups is 1. The van der Waals surface area contributed by atoms with Crippen molar-refractivity contribution in [1.29, 1.82) is 0 Å². The molecule has 1 aliphatic carbocycles. The molecule has 122 valence electrons. The lowest BCUT2D eigenvalue weighted by Gasteiger charge is -2.30. The van der Waals surface area contributed by atoms with Crippen molar-refractivity contribution in [1.82, 2.24) is 5.32 Å². The van der Waals surface area contributed by atoms with E-state index in [1.54, 1.807) is 0 Å². The first kappa shape index (κ1) is 16.6. The Morgan fingerprint density at radius 3 is 2.68 bits per heavy atom. The van der Waals surface area contributed by atoms with E-state index in [9.17, 15) is 9.90 Å². The van der Waals surface area contributed by atoms with Crippen molar-refractivity contribution >= 4 is 17.4 Å². The Balaban J connectivity index is 1.97. The summed E-state index contributed by atoms with van der Waals surface area (Å²) in [6.07, 6.45) is 4.17. The number of amides is 2. The number of nitrogens with zero attached hydrogens (tertiary/aromatic N) is 1. The van der Waals surface area contributed by atoms with Gasteiger partial charge in [0.25, 0.3) is 0 Å². The molecule has 0 aromatic heterocycles. The number of rotatable bonds is 4. The molecule has 1 fully saturated rings. The first-order valence-electron chi connectivity index (χ1n) is 7.97. The first-order chi connectivity index (χ1) is 10.5. The molecule has 0 aliphatic heterocycles. The number of aliphatic hydroxyl groups excluding tert-OH is 1. The van der Waals surface area contributed by atoms with Crippen LogP contribution in [0.1, 0.15) is 31.2 Å². The number of anilines is 2. The van der Waals surface area contributed by atoms with Crippen LogP contribution in [0.15, 0.2) is 18.2 Å². The van der Waals surface area contributed by atoms with Crippen LogP contribution in [0.25, 0.3) is 0 Å². The van der Waals surface area contributed by atoms with Crippen LogP contribution >= 0.6 is 0 Å². The van der Waals surface area contributed by atoms with Gasteiger partial charge in [0, 0.05) is 44.0 Å². The van der Waals surface area contributed by atoms with Gasteiger partial charge >= 0.3 is 6.03 Å². The Kier molecular flexibility index (Phi) is 5.66. The molecule has 0 radical (unpaired) electrons. The van der Waals surface area contributed by atoms with Crippen LogP contribution < -0.4 is 15.5 Å². The Bertz CT molecular complexity index is 517. The van der Waals surface area contributed by atoms with Crippen molar-refractivity contribution in [3.05, 3.63) is 23.8 Å². The molecule has 2 rings (SSSR count). The van der Waals surface area contributed by atoms with Crippen molar-refractivity contribution in [3.63, 3.8) is 0 Å². The molecule has 0 heterocycles. The van der Waals surface area contributed by atoms with Crippen molar-refractivity contribution in [2.24, 2.45) is 5.92 Å². The smallest absolute Gasteiger partial charge is 0.319 e. The normalized spacial score (nSPS) is 21.3. The maximum atomic E-state index is 12.2. The maximum absolute atomic E-state index is 12.2. The molecule has 5 nitrogen and oxygen atoms in total. The number of benzene rings is 1. The minimum absolute atomic E-state index is 0.0695. The molecule has 2 atom stereocenters. The molecule has 1 aromatic rings. The summed E-state index contributed by atoms with van der Waals surface area (Å²) in [7, 11) is 3.99. The lowest BCUT2D eigenvalue weighted by atomic mass is 9.85. The summed E-state index contributed by atoms with van der Waals surface area (Å²) in [4.78, 5) is 14.2. The standard InChI is InChI=1S/C17H27N3O2/c1-12-10-14(20(2)3)8-9-15(12)18-17(22)19-16-7-5-4-6-13(16)11-21/h8-10,13,16,21H,4-7,11H2,1-3H3,(H2,18,19,22). The second kappa shape index (κ2) is 7.49. The van der Waals surface area contributed by atoms with E-state index in [1.165, 1.54) is 0 Å². The number of nitrogens with one attached hydrogen (secondary N) is 2. The van der Waals surface area contributed by atoms with Crippen LogP contribution in [0, 0.1) is 12.8 Å². The topological polar surface area (TPSA) is 64.6 Å². The lowest BCUT2D eigenvalue weighted by molar-refractivity contribution is 0.156. The summed E-state index contributed by atoms with van der Waals surface area (Å²) in [6, 6.07) is 5.84. The van der Waals surface area contributed by atoms with Gasteiger partial charge in [0.15, 0.2) is 0 Å². The van der Waals surface area contributed by atoms with Gasteiger partial charge in [-0.3, -0.25) is 0 Å². The molecule has 22 heavy (non-hydrogen) atoms. The zero-order chi connectivity index (χ0) is 16.1. The highest BCUT2D eigenvalue weighted by atomic mass is 16.3. The summed E-state index contributed by atoms with van der Waals surface area (Å²) >= 11 is 0. The second-order valence-electron chi connectivity index (χ2n) is 6.33. The number of aliphatic hydroxyl groups is 1. The molecular weight excluding hydrogens is 278 g/mol. The first-order valence-corrected chi connectivity index (χ1v) is 7.97. The molecule has 2 unspecified atom stereocenters. The summed E-state index contributed by atoms with van der Waals surface area (Å²) in [5, 5.41) is 15.3. The van der Waals surface area contributed by atoms with E-state index in [0.717, 1.165) is 42.6 Å².